The molecule has 0 radical (unpaired) electrons. The number of aryl methyl sites for hydroxylation is 1. The van der Waals surface area contributed by atoms with E-state index >= 15 is 0 Å². The van der Waals surface area contributed by atoms with Crippen molar-refractivity contribution in [3.63, 3.8) is 0 Å². The molecule has 6 N–H and O–H groups in total. The molecule has 1 fully saturated rings. The van der Waals surface area contributed by atoms with Crippen molar-refractivity contribution in [3.05, 3.63) is 32.6 Å². The van der Waals surface area contributed by atoms with Gasteiger partial charge in [0.25, 0.3) is 5.56 Å². The standard InChI is InChI=1S/C12H18N2O8/c1-4-2-14(12(21)13-10(4)20)11-8(19)7(18)9(22-11)6(17)5(16)3-15/h2,5-9,11,15-19H,3H2,1H3,(H,13,20,21)/t5-,6-,7+,8-,9-,11-/m1/s1. The van der Waals surface area contributed by atoms with Crippen LogP contribution in [0.15, 0.2) is 15.8 Å². The Morgan fingerprint density at radius 1 is 1.32 bits per heavy atom. The smallest absolute Gasteiger partial charge is 0.330 e. The first kappa shape index (κ1) is 16.8. The molecule has 2 heterocycles. The second-order valence-corrected chi connectivity index (χ2v) is 5.19. The predicted molar refractivity (Wildman–Crippen MR) is 71.1 cm³/mol. The third-order valence-electron chi connectivity index (χ3n) is 3.61. The van der Waals surface area contributed by atoms with Crippen LogP contribution in [0.4, 0.5) is 0 Å². The number of aromatic amines is 1. The quantitative estimate of drug-likeness (QED) is 0.328. The molecule has 0 amide bonds. The van der Waals surface area contributed by atoms with Crippen LogP contribution in [0.5, 0.6) is 0 Å². The van der Waals surface area contributed by atoms with Gasteiger partial charge in [-0.2, -0.15) is 0 Å². The fourth-order valence-corrected chi connectivity index (χ4v) is 2.30. The number of ether oxygens (including phenoxy) is 1. The third kappa shape index (κ3) is 2.84. The van der Waals surface area contributed by atoms with E-state index in [0.29, 0.717) is 0 Å². The molecule has 0 spiro atoms. The molecular formula is C12H18N2O8. The highest BCUT2D eigenvalue weighted by Crippen LogP contribution is 2.30. The number of hydrogen-bond donors (Lipinski definition) is 6. The summed E-state index contributed by atoms with van der Waals surface area (Å²) in [6, 6.07) is 0. The Morgan fingerprint density at radius 3 is 2.55 bits per heavy atom. The van der Waals surface area contributed by atoms with Crippen molar-refractivity contribution in [2.24, 2.45) is 0 Å². The van der Waals surface area contributed by atoms with E-state index < -0.39 is 54.6 Å². The zero-order valence-corrected chi connectivity index (χ0v) is 11.7. The van der Waals surface area contributed by atoms with Gasteiger partial charge in [0, 0.05) is 11.8 Å². The van der Waals surface area contributed by atoms with Gasteiger partial charge in [-0.05, 0) is 6.92 Å². The molecule has 1 aliphatic rings. The normalized spacial score (nSPS) is 31.2. The van der Waals surface area contributed by atoms with E-state index in [1.165, 1.54) is 6.92 Å². The molecule has 0 bridgehead atoms. The molecule has 124 valence electrons. The largest absolute Gasteiger partial charge is 0.394 e. The first-order valence-electron chi connectivity index (χ1n) is 6.58. The lowest BCUT2D eigenvalue weighted by molar-refractivity contribution is -0.128. The topological polar surface area (TPSA) is 165 Å². The summed E-state index contributed by atoms with van der Waals surface area (Å²) in [5, 5.41) is 47.9. The van der Waals surface area contributed by atoms with Crippen molar-refractivity contribution in [2.45, 2.75) is 43.7 Å². The van der Waals surface area contributed by atoms with Crippen molar-refractivity contribution in [1.29, 1.82) is 0 Å². The Morgan fingerprint density at radius 2 is 1.95 bits per heavy atom. The van der Waals surface area contributed by atoms with Crippen molar-refractivity contribution in [3.8, 4) is 0 Å². The van der Waals surface area contributed by atoms with Crippen LogP contribution >= 0.6 is 0 Å². The molecular weight excluding hydrogens is 300 g/mol. The summed E-state index contributed by atoms with van der Waals surface area (Å²) in [4.78, 5) is 25.1. The highest BCUT2D eigenvalue weighted by molar-refractivity contribution is 5.03. The second-order valence-electron chi connectivity index (χ2n) is 5.19. The van der Waals surface area contributed by atoms with Crippen molar-refractivity contribution < 1.29 is 30.3 Å². The Kier molecular flexibility index (Phi) is 4.80. The molecule has 0 aromatic carbocycles. The summed E-state index contributed by atoms with van der Waals surface area (Å²) in [5.74, 6) is 0. The summed E-state index contributed by atoms with van der Waals surface area (Å²) < 4.78 is 6.13. The maximum Gasteiger partial charge on any atom is 0.330 e. The first-order chi connectivity index (χ1) is 10.3. The summed E-state index contributed by atoms with van der Waals surface area (Å²) in [6.07, 6.45) is -8.04. The molecule has 1 aliphatic heterocycles. The van der Waals surface area contributed by atoms with Gasteiger partial charge in [-0.3, -0.25) is 14.3 Å². The van der Waals surface area contributed by atoms with Gasteiger partial charge in [-0.1, -0.05) is 0 Å². The molecule has 2 rings (SSSR count). The Hall–Kier alpha value is -1.56. The van der Waals surface area contributed by atoms with Crippen molar-refractivity contribution >= 4 is 0 Å². The van der Waals surface area contributed by atoms with Crippen molar-refractivity contribution in [2.75, 3.05) is 6.61 Å². The lowest BCUT2D eigenvalue weighted by atomic mass is 10.0. The van der Waals surface area contributed by atoms with Crippen LogP contribution in [0.2, 0.25) is 0 Å². The van der Waals surface area contributed by atoms with Crippen LogP contribution in [0.3, 0.4) is 0 Å². The molecule has 22 heavy (non-hydrogen) atoms. The van der Waals surface area contributed by atoms with E-state index in [0.717, 1.165) is 10.8 Å². The van der Waals surface area contributed by atoms with E-state index in [-0.39, 0.29) is 5.56 Å². The van der Waals surface area contributed by atoms with Crippen LogP contribution in [0.1, 0.15) is 11.8 Å². The summed E-state index contributed by atoms with van der Waals surface area (Å²) >= 11 is 0. The first-order valence-corrected chi connectivity index (χ1v) is 6.58. The van der Waals surface area contributed by atoms with Gasteiger partial charge in [0.05, 0.1) is 6.61 Å². The third-order valence-corrected chi connectivity index (χ3v) is 3.61. The summed E-state index contributed by atoms with van der Waals surface area (Å²) in [5.41, 5.74) is -1.27. The van der Waals surface area contributed by atoms with E-state index in [2.05, 4.69) is 0 Å². The Labute approximate surface area is 123 Å². The molecule has 0 aliphatic carbocycles. The molecule has 10 heteroatoms. The SMILES string of the molecule is Cc1cn([C@@H]2O[C@H]([C@H](O)[C@H](O)CO)[C@@H](O)[C@H]2O)c(=O)[nH]c1=O. The van der Waals surface area contributed by atoms with E-state index in [9.17, 15) is 30.0 Å². The number of H-pyrrole nitrogens is 1. The van der Waals surface area contributed by atoms with Gasteiger partial charge in [0.15, 0.2) is 6.23 Å². The number of aromatic nitrogens is 2. The number of nitrogens with one attached hydrogen (secondary N) is 1. The second kappa shape index (κ2) is 6.28. The maximum atomic E-state index is 11.8. The lowest BCUT2D eigenvalue weighted by Gasteiger charge is -2.24. The highest BCUT2D eigenvalue weighted by Gasteiger charge is 2.48. The van der Waals surface area contributed by atoms with E-state index in [4.69, 9.17) is 9.84 Å². The van der Waals surface area contributed by atoms with Crippen LogP contribution in [0, 0.1) is 6.92 Å². The molecule has 0 unspecified atom stereocenters. The predicted octanol–water partition coefficient (Wildman–Crippen LogP) is -3.82. The average molecular weight is 318 g/mol. The van der Waals surface area contributed by atoms with Gasteiger partial charge >= 0.3 is 5.69 Å². The molecule has 0 saturated carbocycles. The lowest BCUT2D eigenvalue weighted by Crippen LogP contribution is -2.46. The minimum Gasteiger partial charge on any atom is -0.394 e. The van der Waals surface area contributed by atoms with Gasteiger partial charge in [-0.15, -0.1) is 0 Å². The average Bonchev–Trinajstić information content (AvgIpc) is 2.77. The molecule has 1 saturated heterocycles. The van der Waals surface area contributed by atoms with Crippen LogP contribution in [0.25, 0.3) is 0 Å². The Balaban J connectivity index is 2.33. The molecule has 10 nitrogen and oxygen atoms in total. The number of aliphatic hydroxyl groups excluding tert-OH is 5. The summed E-state index contributed by atoms with van der Waals surface area (Å²) in [6.45, 7) is 0.667. The fraction of sp³-hybridized carbons (Fsp3) is 0.667. The molecule has 1 aromatic rings. The van der Waals surface area contributed by atoms with Gasteiger partial charge in [0.2, 0.25) is 0 Å². The molecule has 1 aromatic heterocycles. The number of hydrogen-bond acceptors (Lipinski definition) is 8. The summed E-state index contributed by atoms with van der Waals surface area (Å²) in [7, 11) is 0. The van der Waals surface area contributed by atoms with Gasteiger partial charge in [0.1, 0.15) is 30.5 Å². The monoisotopic (exact) mass is 318 g/mol. The zero-order valence-electron chi connectivity index (χ0n) is 11.7. The van der Waals surface area contributed by atoms with Gasteiger partial charge < -0.3 is 30.3 Å². The number of aliphatic hydroxyl groups is 5. The maximum absolute atomic E-state index is 11.8. The van der Waals surface area contributed by atoms with Crippen molar-refractivity contribution in [1.82, 2.24) is 9.55 Å². The van der Waals surface area contributed by atoms with Gasteiger partial charge in [-0.25, -0.2) is 4.79 Å². The minimum atomic E-state index is -1.67. The van der Waals surface area contributed by atoms with Crippen LogP contribution < -0.4 is 11.2 Å². The minimum absolute atomic E-state index is 0.185. The zero-order chi connectivity index (χ0) is 16.6. The number of nitrogens with zero attached hydrogens (tertiary/aromatic N) is 1. The number of rotatable bonds is 4. The van der Waals surface area contributed by atoms with E-state index in [1.54, 1.807) is 0 Å². The highest BCUT2D eigenvalue weighted by atomic mass is 16.6. The van der Waals surface area contributed by atoms with Crippen LogP contribution in [-0.4, -0.2) is 72.2 Å². The molecule has 6 atom stereocenters. The Bertz CT molecular complexity index is 641. The van der Waals surface area contributed by atoms with E-state index in [1.807, 2.05) is 4.98 Å². The van der Waals surface area contributed by atoms with Crippen LogP contribution in [-0.2, 0) is 4.74 Å². The fourth-order valence-electron chi connectivity index (χ4n) is 2.30.